The summed E-state index contributed by atoms with van der Waals surface area (Å²) in [5, 5.41) is 7.64. The quantitative estimate of drug-likeness (QED) is 0.761. The van der Waals surface area contributed by atoms with Crippen molar-refractivity contribution < 1.29 is 9.53 Å². The smallest absolute Gasteiger partial charge is 0.305 e. The van der Waals surface area contributed by atoms with E-state index in [9.17, 15) is 4.79 Å². The van der Waals surface area contributed by atoms with Gasteiger partial charge in [0.05, 0.1) is 13.2 Å². The molecule has 0 amide bonds. The maximum Gasteiger partial charge on any atom is 0.305 e. The third kappa shape index (κ3) is 5.24. The van der Waals surface area contributed by atoms with Gasteiger partial charge < -0.3 is 10.1 Å². The van der Waals surface area contributed by atoms with Gasteiger partial charge in [0.25, 0.3) is 0 Å². The first-order valence-electron chi connectivity index (χ1n) is 7.66. The molecular formula is C17H23N3O2. The van der Waals surface area contributed by atoms with Gasteiger partial charge in [-0.25, -0.2) is 0 Å². The molecule has 2 aromatic rings. The molecule has 0 aliphatic heterocycles. The lowest BCUT2D eigenvalue weighted by Crippen LogP contribution is -2.17. The minimum absolute atomic E-state index is 0.136. The molecule has 0 spiro atoms. The molecule has 1 aromatic carbocycles. The van der Waals surface area contributed by atoms with Crippen LogP contribution in [0.25, 0.3) is 0 Å². The van der Waals surface area contributed by atoms with Crippen molar-refractivity contribution >= 4 is 11.7 Å². The molecule has 118 valence electrons. The second-order valence-corrected chi connectivity index (χ2v) is 5.29. The lowest BCUT2D eigenvalue weighted by molar-refractivity contribution is -0.143. The standard InChI is InChI=1S/C17H23N3O2/c1-3-22-17(21)9-8-14(2)19-16-7-4-6-15(12-16)13-20-11-5-10-18-20/h4-7,10-12,14,19H,3,8-9,13H2,1-2H3. The van der Waals surface area contributed by atoms with Crippen molar-refractivity contribution in [3.05, 3.63) is 48.3 Å². The maximum atomic E-state index is 11.4. The highest BCUT2D eigenvalue weighted by Gasteiger charge is 2.07. The Kier molecular flexibility index (Phi) is 6.01. The summed E-state index contributed by atoms with van der Waals surface area (Å²) in [5.74, 6) is -0.136. The molecule has 0 saturated carbocycles. The van der Waals surface area contributed by atoms with E-state index in [2.05, 4.69) is 29.5 Å². The lowest BCUT2D eigenvalue weighted by Gasteiger charge is -2.15. The molecule has 1 aromatic heterocycles. The molecule has 1 atom stereocenters. The van der Waals surface area contributed by atoms with Gasteiger partial charge in [-0.3, -0.25) is 9.48 Å². The van der Waals surface area contributed by atoms with Crippen molar-refractivity contribution in [2.45, 2.75) is 39.3 Å². The van der Waals surface area contributed by atoms with E-state index in [0.29, 0.717) is 13.0 Å². The molecule has 0 bridgehead atoms. The number of benzene rings is 1. The van der Waals surface area contributed by atoms with Crippen molar-refractivity contribution in [1.29, 1.82) is 0 Å². The van der Waals surface area contributed by atoms with E-state index >= 15 is 0 Å². The number of hydrogen-bond donors (Lipinski definition) is 1. The summed E-state index contributed by atoms with van der Waals surface area (Å²) < 4.78 is 6.84. The summed E-state index contributed by atoms with van der Waals surface area (Å²) >= 11 is 0. The molecule has 0 radical (unpaired) electrons. The van der Waals surface area contributed by atoms with E-state index < -0.39 is 0 Å². The van der Waals surface area contributed by atoms with Crippen LogP contribution in [0.15, 0.2) is 42.7 Å². The van der Waals surface area contributed by atoms with E-state index in [1.165, 1.54) is 5.56 Å². The van der Waals surface area contributed by atoms with Crippen molar-refractivity contribution in [2.24, 2.45) is 0 Å². The van der Waals surface area contributed by atoms with Crippen LogP contribution >= 0.6 is 0 Å². The maximum absolute atomic E-state index is 11.4. The average Bonchev–Trinajstić information content (AvgIpc) is 2.99. The van der Waals surface area contributed by atoms with Gasteiger partial charge in [0.15, 0.2) is 0 Å². The van der Waals surface area contributed by atoms with Gasteiger partial charge in [-0.2, -0.15) is 5.10 Å². The van der Waals surface area contributed by atoms with Crippen LogP contribution in [-0.2, 0) is 16.1 Å². The Morgan fingerprint density at radius 1 is 1.41 bits per heavy atom. The molecule has 2 rings (SSSR count). The van der Waals surface area contributed by atoms with Gasteiger partial charge in [-0.05, 0) is 44.0 Å². The normalized spacial score (nSPS) is 11.9. The number of esters is 1. The van der Waals surface area contributed by atoms with Crippen molar-refractivity contribution in [3.63, 3.8) is 0 Å². The Labute approximate surface area is 131 Å². The van der Waals surface area contributed by atoms with Gasteiger partial charge in [0.2, 0.25) is 0 Å². The molecule has 1 unspecified atom stereocenters. The lowest BCUT2D eigenvalue weighted by atomic mass is 10.1. The van der Waals surface area contributed by atoms with E-state index in [-0.39, 0.29) is 12.0 Å². The molecule has 22 heavy (non-hydrogen) atoms. The van der Waals surface area contributed by atoms with Gasteiger partial charge >= 0.3 is 5.97 Å². The third-order valence-electron chi connectivity index (χ3n) is 3.33. The Morgan fingerprint density at radius 2 is 2.27 bits per heavy atom. The Morgan fingerprint density at radius 3 is 3.00 bits per heavy atom. The summed E-state index contributed by atoms with van der Waals surface area (Å²) in [7, 11) is 0. The minimum Gasteiger partial charge on any atom is -0.466 e. The van der Waals surface area contributed by atoms with Crippen molar-refractivity contribution in [1.82, 2.24) is 9.78 Å². The second kappa shape index (κ2) is 8.22. The Balaban J connectivity index is 1.85. The molecular weight excluding hydrogens is 278 g/mol. The zero-order valence-electron chi connectivity index (χ0n) is 13.2. The van der Waals surface area contributed by atoms with Crippen LogP contribution in [0.2, 0.25) is 0 Å². The molecule has 0 fully saturated rings. The highest BCUT2D eigenvalue weighted by atomic mass is 16.5. The van der Waals surface area contributed by atoms with Crippen molar-refractivity contribution in [3.8, 4) is 0 Å². The third-order valence-corrected chi connectivity index (χ3v) is 3.33. The summed E-state index contributed by atoms with van der Waals surface area (Å²) in [6.07, 6.45) is 4.92. The van der Waals surface area contributed by atoms with Crippen LogP contribution in [0.5, 0.6) is 0 Å². The van der Waals surface area contributed by atoms with Gasteiger partial charge in [-0.15, -0.1) is 0 Å². The van der Waals surface area contributed by atoms with E-state index in [4.69, 9.17) is 4.74 Å². The fraction of sp³-hybridized carbons (Fsp3) is 0.412. The second-order valence-electron chi connectivity index (χ2n) is 5.29. The molecule has 1 N–H and O–H groups in total. The molecule has 0 aliphatic carbocycles. The van der Waals surface area contributed by atoms with Crippen molar-refractivity contribution in [2.75, 3.05) is 11.9 Å². The van der Waals surface area contributed by atoms with E-state index in [1.54, 1.807) is 6.20 Å². The van der Waals surface area contributed by atoms with Gasteiger partial charge in [-0.1, -0.05) is 12.1 Å². The molecule has 1 heterocycles. The summed E-state index contributed by atoms with van der Waals surface area (Å²) in [4.78, 5) is 11.4. The number of carbonyl (C=O) groups is 1. The highest BCUT2D eigenvalue weighted by molar-refractivity contribution is 5.69. The highest BCUT2D eigenvalue weighted by Crippen LogP contribution is 2.14. The Bertz CT molecular complexity index is 581. The van der Waals surface area contributed by atoms with Gasteiger partial charge in [0, 0.05) is 30.5 Å². The summed E-state index contributed by atoms with van der Waals surface area (Å²) in [5.41, 5.74) is 2.24. The topological polar surface area (TPSA) is 56.1 Å². The average molecular weight is 301 g/mol. The number of rotatable bonds is 8. The number of hydrogen-bond acceptors (Lipinski definition) is 4. The van der Waals surface area contributed by atoms with Crippen LogP contribution in [0, 0.1) is 0 Å². The fourth-order valence-electron chi connectivity index (χ4n) is 2.26. The first-order valence-corrected chi connectivity index (χ1v) is 7.66. The first-order chi connectivity index (χ1) is 10.7. The molecule has 0 aliphatic rings. The fourth-order valence-corrected chi connectivity index (χ4v) is 2.26. The van der Waals surface area contributed by atoms with Crippen LogP contribution in [0.3, 0.4) is 0 Å². The predicted molar refractivity (Wildman–Crippen MR) is 86.7 cm³/mol. The van der Waals surface area contributed by atoms with E-state index in [1.807, 2.05) is 36.0 Å². The predicted octanol–water partition coefficient (Wildman–Crippen LogP) is 3.08. The number of nitrogens with one attached hydrogen (secondary N) is 1. The minimum atomic E-state index is -0.136. The zero-order valence-corrected chi connectivity index (χ0v) is 13.2. The Hall–Kier alpha value is -2.30. The van der Waals surface area contributed by atoms with E-state index in [0.717, 1.165) is 18.7 Å². The summed E-state index contributed by atoms with van der Waals surface area (Å²) in [6, 6.07) is 10.4. The zero-order chi connectivity index (χ0) is 15.8. The number of ether oxygens (including phenoxy) is 1. The molecule has 5 nitrogen and oxygen atoms in total. The number of aromatic nitrogens is 2. The number of carbonyl (C=O) groups excluding carboxylic acids is 1. The molecule has 0 saturated heterocycles. The SMILES string of the molecule is CCOC(=O)CCC(C)Nc1cccc(Cn2cccn2)c1. The largest absolute Gasteiger partial charge is 0.466 e. The van der Waals surface area contributed by atoms with Crippen LogP contribution in [0.1, 0.15) is 32.3 Å². The van der Waals surface area contributed by atoms with Crippen LogP contribution in [0.4, 0.5) is 5.69 Å². The number of nitrogens with zero attached hydrogens (tertiary/aromatic N) is 2. The summed E-state index contributed by atoms with van der Waals surface area (Å²) in [6.45, 7) is 5.08. The number of anilines is 1. The van der Waals surface area contributed by atoms with Crippen LogP contribution < -0.4 is 5.32 Å². The first kappa shape index (κ1) is 16.1. The van der Waals surface area contributed by atoms with Crippen LogP contribution in [-0.4, -0.2) is 28.4 Å². The molecule has 5 heteroatoms. The van der Waals surface area contributed by atoms with Gasteiger partial charge in [0.1, 0.15) is 0 Å². The monoisotopic (exact) mass is 301 g/mol.